The molecule has 0 saturated carbocycles. The van der Waals surface area contributed by atoms with Crippen molar-refractivity contribution in [1.29, 1.82) is 0 Å². The highest BCUT2D eigenvalue weighted by Crippen LogP contribution is 2.26. The molecule has 3 rings (SSSR count). The zero-order valence-electron chi connectivity index (χ0n) is 20.9. The maximum atomic E-state index is 11.8. The number of ether oxygens (including phenoxy) is 3. The topological polar surface area (TPSA) is 78.7 Å². The monoisotopic (exact) mass is 488 g/mol. The van der Waals surface area contributed by atoms with Crippen LogP contribution in [0.5, 0.6) is 11.5 Å². The van der Waals surface area contributed by atoms with Crippen LogP contribution in [-0.2, 0) is 21.0 Å². The molecule has 3 aromatic rings. The minimum Gasteiger partial charge on any atom is -0.489 e. The van der Waals surface area contributed by atoms with Gasteiger partial charge in [0.05, 0.1) is 13.5 Å². The van der Waals surface area contributed by atoms with Gasteiger partial charge in [0, 0.05) is 12.6 Å². The Morgan fingerprint density at radius 3 is 2.19 bits per heavy atom. The van der Waals surface area contributed by atoms with E-state index < -0.39 is 0 Å². The molecule has 0 amide bonds. The lowest BCUT2D eigenvalue weighted by Gasteiger charge is -2.15. The molecular formula is C29H32N2O5. The molecule has 1 atom stereocenters. The van der Waals surface area contributed by atoms with Crippen LogP contribution < -0.4 is 9.47 Å². The lowest BCUT2D eigenvalue weighted by atomic mass is 9.93. The number of nitrogens with zero attached hydrogens (tertiary/aromatic N) is 2. The van der Waals surface area contributed by atoms with E-state index in [1.807, 2.05) is 85.1 Å². The van der Waals surface area contributed by atoms with Crippen LogP contribution in [0.2, 0.25) is 0 Å². The van der Waals surface area contributed by atoms with Crippen molar-refractivity contribution in [3.8, 4) is 11.5 Å². The third-order valence-corrected chi connectivity index (χ3v) is 5.58. The summed E-state index contributed by atoms with van der Waals surface area (Å²) in [7, 11) is 4.65. The molecule has 0 aliphatic carbocycles. The third kappa shape index (κ3) is 8.27. The zero-order valence-corrected chi connectivity index (χ0v) is 20.9. The second-order valence-corrected chi connectivity index (χ2v) is 8.03. The van der Waals surface area contributed by atoms with Crippen molar-refractivity contribution in [3.05, 3.63) is 95.6 Å². The minimum atomic E-state index is -0.237. The van der Waals surface area contributed by atoms with Crippen LogP contribution in [0.25, 0.3) is 0 Å². The molecule has 7 nitrogen and oxygen atoms in total. The van der Waals surface area contributed by atoms with Crippen LogP contribution in [0.3, 0.4) is 0 Å². The first kappa shape index (κ1) is 26.5. The summed E-state index contributed by atoms with van der Waals surface area (Å²) in [5, 5.41) is 4.08. The van der Waals surface area contributed by atoms with Crippen molar-refractivity contribution in [2.45, 2.75) is 25.4 Å². The Balaban J connectivity index is 1.53. The van der Waals surface area contributed by atoms with Gasteiger partial charge >= 0.3 is 5.97 Å². The van der Waals surface area contributed by atoms with Crippen LogP contribution in [-0.4, -0.2) is 45.8 Å². The SMILES string of the molecule is CN=CCC(CC(=O)OC)c1ccc(OCc2ccc(OCC(=NOC)c3ccccc3)cc2)cc1. The molecule has 1 unspecified atom stereocenters. The van der Waals surface area contributed by atoms with Gasteiger partial charge in [0.25, 0.3) is 0 Å². The van der Waals surface area contributed by atoms with Gasteiger partial charge in [-0.15, -0.1) is 0 Å². The van der Waals surface area contributed by atoms with Crippen LogP contribution in [0.15, 0.2) is 89.0 Å². The van der Waals surface area contributed by atoms with Crippen molar-refractivity contribution in [2.75, 3.05) is 27.9 Å². The molecule has 0 fully saturated rings. The molecule has 0 radical (unpaired) electrons. The van der Waals surface area contributed by atoms with E-state index in [4.69, 9.17) is 19.0 Å². The number of rotatable bonds is 13. The summed E-state index contributed by atoms with van der Waals surface area (Å²) in [6.45, 7) is 0.717. The highest BCUT2D eigenvalue weighted by Gasteiger charge is 2.16. The molecule has 0 aliphatic rings. The Morgan fingerprint density at radius 2 is 1.56 bits per heavy atom. The number of carbonyl (C=O) groups is 1. The highest BCUT2D eigenvalue weighted by molar-refractivity contribution is 6.01. The number of benzene rings is 3. The van der Waals surface area contributed by atoms with E-state index in [2.05, 4.69) is 10.1 Å². The van der Waals surface area contributed by atoms with Crippen molar-refractivity contribution >= 4 is 17.9 Å². The molecule has 7 heteroatoms. The quantitative estimate of drug-likeness (QED) is 0.182. The first-order valence-corrected chi connectivity index (χ1v) is 11.7. The average molecular weight is 489 g/mol. The first-order valence-electron chi connectivity index (χ1n) is 11.7. The first-order chi connectivity index (χ1) is 17.6. The number of hydrogen-bond acceptors (Lipinski definition) is 7. The fraction of sp³-hybridized carbons (Fsp3) is 0.276. The summed E-state index contributed by atoms with van der Waals surface area (Å²) in [4.78, 5) is 20.8. The van der Waals surface area contributed by atoms with Gasteiger partial charge in [0.2, 0.25) is 0 Å². The number of methoxy groups -OCH3 is 1. The van der Waals surface area contributed by atoms with E-state index in [0.717, 1.165) is 28.2 Å². The normalized spacial score (nSPS) is 12.2. The van der Waals surface area contributed by atoms with Gasteiger partial charge in [-0.3, -0.25) is 4.79 Å². The van der Waals surface area contributed by atoms with Gasteiger partial charge in [0.15, 0.2) is 0 Å². The molecule has 188 valence electrons. The predicted octanol–water partition coefficient (Wildman–Crippen LogP) is 5.43. The number of oxime groups is 1. The third-order valence-electron chi connectivity index (χ3n) is 5.58. The van der Waals surface area contributed by atoms with E-state index in [9.17, 15) is 4.79 Å². The largest absolute Gasteiger partial charge is 0.489 e. The van der Waals surface area contributed by atoms with Gasteiger partial charge in [-0.05, 0) is 53.9 Å². The number of hydrogen-bond donors (Lipinski definition) is 0. The average Bonchev–Trinajstić information content (AvgIpc) is 2.93. The number of carbonyl (C=O) groups excluding carboxylic acids is 1. The van der Waals surface area contributed by atoms with Crippen LogP contribution >= 0.6 is 0 Å². The van der Waals surface area contributed by atoms with Crippen molar-refractivity contribution < 1.29 is 23.8 Å². The van der Waals surface area contributed by atoms with E-state index >= 15 is 0 Å². The van der Waals surface area contributed by atoms with Crippen LogP contribution in [0.1, 0.15) is 35.4 Å². The second-order valence-electron chi connectivity index (χ2n) is 8.03. The fourth-order valence-electron chi connectivity index (χ4n) is 3.59. The van der Waals surface area contributed by atoms with Gasteiger partial charge in [-0.2, -0.15) is 0 Å². The molecule has 3 aromatic carbocycles. The van der Waals surface area contributed by atoms with Crippen molar-refractivity contribution in [1.82, 2.24) is 0 Å². The Morgan fingerprint density at radius 1 is 0.889 bits per heavy atom. The van der Waals surface area contributed by atoms with E-state index in [1.54, 1.807) is 7.05 Å². The molecule has 36 heavy (non-hydrogen) atoms. The maximum absolute atomic E-state index is 11.8. The Labute approximate surface area is 212 Å². The van der Waals surface area contributed by atoms with Gasteiger partial charge in [-0.25, -0.2) is 0 Å². The highest BCUT2D eigenvalue weighted by atomic mass is 16.6. The molecule has 0 aliphatic heterocycles. The van der Waals surface area contributed by atoms with Gasteiger partial charge in [-0.1, -0.05) is 59.8 Å². The summed E-state index contributed by atoms with van der Waals surface area (Å²) < 4.78 is 16.7. The Kier molecular flexibility index (Phi) is 10.5. The fourth-order valence-corrected chi connectivity index (χ4v) is 3.59. The van der Waals surface area contributed by atoms with E-state index in [0.29, 0.717) is 31.8 Å². The number of esters is 1. The Hall–Kier alpha value is -4.13. The Bertz CT molecular complexity index is 1130. The molecule has 0 spiro atoms. The molecule has 0 bridgehead atoms. The minimum absolute atomic E-state index is 0.0130. The summed E-state index contributed by atoms with van der Waals surface area (Å²) >= 11 is 0. The lowest BCUT2D eigenvalue weighted by molar-refractivity contribution is -0.141. The van der Waals surface area contributed by atoms with E-state index in [1.165, 1.54) is 14.2 Å². The summed E-state index contributed by atoms with van der Waals surface area (Å²) in [5.74, 6) is 1.26. The standard InChI is InChI=1S/C29H32N2O5/c1-30-18-17-25(19-29(32)33-2)23-11-15-27(16-12-23)35-20-22-9-13-26(14-10-22)36-21-28(31-34-3)24-7-5-4-6-8-24/h4-16,18,25H,17,19-21H2,1-3H3. The zero-order chi connectivity index (χ0) is 25.6. The van der Waals surface area contributed by atoms with Crippen molar-refractivity contribution in [2.24, 2.45) is 10.1 Å². The summed E-state index contributed by atoms with van der Waals surface area (Å²) in [5.41, 5.74) is 3.72. The molecule has 0 saturated heterocycles. The molecule has 0 heterocycles. The lowest BCUT2D eigenvalue weighted by Crippen LogP contribution is -2.13. The summed E-state index contributed by atoms with van der Waals surface area (Å²) in [6, 6.07) is 25.3. The smallest absolute Gasteiger partial charge is 0.306 e. The molecule has 0 N–H and O–H groups in total. The summed E-state index contributed by atoms with van der Waals surface area (Å²) in [6.07, 6.45) is 2.80. The van der Waals surface area contributed by atoms with Crippen molar-refractivity contribution in [3.63, 3.8) is 0 Å². The van der Waals surface area contributed by atoms with Gasteiger partial charge in [0.1, 0.15) is 37.5 Å². The van der Waals surface area contributed by atoms with Crippen LogP contribution in [0, 0.1) is 0 Å². The maximum Gasteiger partial charge on any atom is 0.306 e. The number of aliphatic imine (C=N–C) groups is 1. The van der Waals surface area contributed by atoms with E-state index in [-0.39, 0.29) is 11.9 Å². The predicted molar refractivity (Wildman–Crippen MR) is 141 cm³/mol. The van der Waals surface area contributed by atoms with Crippen LogP contribution in [0.4, 0.5) is 0 Å². The van der Waals surface area contributed by atoms with Gasteiger partial charge < -0.3 is 24.0 Å². The second kappa shape index (κ2) is 14.3. The molecule has 0 aromatic heterocycles. The molecular weight excluding hydrogens is 456 g/mol.